The molecule has 7 heteroatoms. The molecule has 0 fully saturated rings. The SMILES string of the molecule is C[C@@H]1Cc2cc(C(=O)NCCSCc3ccccc3)ccc2N1S(C)(=O)=O. The first kappa shape index (κ1) is 19.8. The summed E-state index contributed by atoms with van der Waals surface area (Å²) in [6.07, 6.45) is 1.84. The van der Waals surface area contributed by atoms with Gasteiger partial charge in [-0.15, -0.1) is 0 Å². The number of anilines is 1. The predicted octanol–water partition coefficient (Wildman–Crippen LogP) is 3.06. The topological polar surface area (TPSA) is 66.5 Å². The van der Waals surface area contributed by atoms with Crippen LogP contribution in [0.25, 0.3) is 0 Å². The van der Waals surface area contributed by atoms with Crippen LogP contribution >= 0.6 is 11.8 Å². The molecular weight excluding hydrogens is 380 g/mol. The predicted molar refractivity (Wildman–Crippen MR) is 112 cm³/mol. The number of nitrogens with one attached hydrogen (secondary N) is 1. The Morgan fingerprint density at radius 1 is 1.22 bits per heavy atom. The molecule has 0 saturated carbocycles. The van der Waals surface area contributed by atoms with Crippen molar-refractivity contribution in [3.8, 4) is 0 Å². The highest BCUT2D eigenvalue weighted by atomic mass is 32.2. The number of amides is 1. The molecule has 3 rings (SSSR count). The number of fused-ring (bicyclic) bond motifs is 1. The van der Waals surface area contributed by atoms with Crippen LogP contribution in [0.4, 0.5) is 5.69 Å². The van der Waals surface area contributed by atoms with Crippen molar-refractivity contribution in [2.75, 3.05) is 22.9 Å². The number of hydrogen-bond acceptors (Lipinski definition) is 4. The van der Waals surface area contributed by atoms with Crippen molar-refractivity contribution in [1.29, 1.82) is 0 Å². The maximum atomic E-state index is 12.4. The van der Waals surface area contributed by atoms with E-state index in [0.29, 0.717) is 24.2 Å². The van der Waals surface area contributed by atoms with E-state index < -0.39 is 10.0 Å². The van der Waals surface area contributed by atoms with E-state index >= 15 is 0 Å². The maximum Gasteiger partial charge on any atom is 0.251 e. The quantitative estimate of drug-likeness (QED) is 0.721. The highest BCUT2D eigenvalue weighted by molar-refractivity contribution is 7.98. The number of thioether (sulfide) groups is 1. The molecule has 2 aromatic carbocycles. The Hall–Kier alpha value is -1.99. The number of carbonyl (C=O) groups excluding carboxylic acids is 1. The molecule has 1 atom stereocenters. The Labute approximate surface area is 165 Å². The second-order valence-electron chi connectivity index (χ2n) is 6.75. The van der Waals surface area contributed by atoms with Crippen LogP contribution in [-0.4, -0.2) is 38.9 Å². The van der Waals surface area contributed by atoms with Crippen molar-refractivity contribution in [1.82, 2.24) is 5.32 Å². The highest BCUT2D eigenvalue weighted by Gasteiger charge is 2.32. The standard InChI is InChI=1S/C20H24N2O3S2/c1-15-12-18-13-17(8-9-19(18)22(15)27(2,24)25)20(23)21-10-11-26-14-16-6-4-3-5-7-16/h3-9,13,15H,10-12,14H2,1-2H3,(H,21,23)/t15-/m1/s1. The first-order valence-corrected chi connectivity index (χ1v) is 11.9. The largest absolute Gasteiger partial charge is 0.351 e. The van der Waals surface area contributed by atoms with Gasteiger partial charge in [-0.05, 0) is 42.7 Å². The fourth-order valence-electron chi connectivity index (χ4n) is 3.35. The van der Waals surface area contributed by atoms with Crippen molar-refractivity contribution < 1.29 is 13.2 Å². The lowest BCUT2D eigenvalue weighted by atomic mass is 10.1. The Bertz CT molecular complexity index is 914. The third-order valence-electron chi connectivity index (χ3n) is 4.50. The summed E-state index contributed by atoms with van der Waals surface area (Å²) < 4.78 is 25.4. The summed E-state index contributed by atoms with van der Waals surface area (Å²) in [5.74, 6) is 1.64. The molecule has 0 spiro atoms. The monoisotopic (exact) mass is 404 g/mol. The van der Waals surface area contributed by atoms with Crippen LogP contribution in [0.5, 0.6) is 0 Å². The van der Waals surface area contributed by atoms with Gasteiger partial charge in [0.15, 0.2) is 0 Å². The molecule has 0 saturated heterocycles. The number of benzene rings is 2. The first-order valence-electron chi connectivity index (χ1n) is 8.88. The van der Waals surface area contributed by atoms with Gasteiger partial charge in [0.05, 0.1) is 11.9 Å². The summed E-state index contributed by atoms with van der Waals surface area (Å²) in [5, 5.41) is 2.94. The van der Waals surface area contributed by atoms with Crippen molar-refractivity contribution in [2.24, 2.45) is 0 Å². The Morgan fingerprint density at radius 3 is 2.67 bits per heavy atom. The molecule has 144 valence electrons. The van der Waals surface area contributed by atoms with Gasteiger partial charge in [0.1, 0.15) is 0 Å². The molecule has 27 heavy (non-hydrogen) atoms. The second-order valence-corrected chi connectivity index (χ2v) is 9.71. The van der Waals surface area contributed by atoms with Gasteiger partial charge in [-0.1, -0.05) is 30.3 Å². The fraction of sp³-hybridized carbons (Fsp3) is 0.350. The van der Waals surface area contributed by atoms with Gasteiger partial charge in [0, 0.05) is 29.7 Å². The minimum atomic E-state index is -3.31. The average molecular weight is 405 g/mol. The summed E-state index contributed by atoms with van der Waals surface area (Å²) in [6, 6.07) is 15.4. The van der Waals surface area contributed by atoms with Gasteiger partial charge in [0.25, 0.3) is 5.91 Å². The third-order valence-corrected chi connectivity index (χ3v) is 6.80. The van der Waals surface area contributed by atoms with Gasteiger partial charge in [-0.3, -0.25) is 9.10 Å². The number of carbonyl (C=O) groups is 1. The van der Waals surface area contributed by atoms with Crippen LogP contribution < -0.4 is 9.62 Å². The maximum absolute atomic E-state index is 12.4. The van der Waals surface area contributed by atoms with E-state index in [1.807, 2.05) is 31.2 Å². The van der Waals surface area contributed by atoms with E-state index in [0.717, 1.165) is 17.1 Å². The Balaban J connectivity index is 1.53. The lowest BCUT2D eigenvalue weighted by Crippen LogP contribution is -2.34. The molecule has 2 aromatic rings. The third kappa shape index (κ3) is 4.84. The molecule has 1 aliphatic heterocycles. The number of rotatable bonds is 7. The van der Waals surface area contributed by atoms with E-state index in [4.69, 9.17) is 0 Å². The van der Waals surface area contributed by atoms with Gasteiger partial charge >= 0.3 is 0 Å². The van der Waals surface area contributed by atoms with E-state index in [9.17, 15) is 13.2 Å². The summed E-state index contributed by atoms with van der Waals surface area (Å²) in [5.41, 5.74) is 3.43. The smallest absolute Gasteiger partial charge is 0.251 e. The van der Waals surface area contributed by atoms with Crippen molar-refractivity contribution in [3.05, 3.63) is 65.2 Å². The molecule has 0 aliphatic carbocycles. The summed E-state index contributed by atoms with van der Waals surface area (Å²) in [6.45, 7) is 2.48. The average Bonchev–Trinajstić information content (AvgIpc) is 2.97. The zero-order valence-electron chi connectivity index (χ0n) is 15.5. The molecule has 0 bridgehead atoms. The zero-order chi connectivity index (χ0) is 19.4. The fourth-order valence-corrected chi connectivity index (χ4v) is 5.43. The van der Waals surface area contributed by atoms with E-state index in [2.05, 4.69) is 17.4 Å². The Morgan fingerprint density at radius 2 is 1.96 bits per heavy atom. The molecule has 1 heterocycles. The first-order chi connectivity index (χ1) is 12.9. The highest BCUT2D eigenvalue weighted by Crippen LogP contribution is 2.34. The van der Waals surface area contributed by atoms with Crippen LogP contribution in [0.3, 0.4) is 0 Å². The van der Waals surface area contributed by atoms with Crippen molar-refractivity contribution in [2.45, 2.75) is 25.1 Å². The van der Waals surface area contributed by atoms with E-state index in [1.165, 1.54) is 16.1 Å². The molecular formula is C20H24N2O3S2. The normalized spacial score (nSPS) is 16.2. The van der Waals surface area contributed by atoms with E-state index in [1.54, 1.807) is 23.9 Å². The molecule has 1 aliphatic rings. The number of sulfonamides is 1. The molecule has 0 aromatic heterocycles. The molecule has 0 radical (unpaired) electrons. The Kier molecular flexibility index (Phi) is 6.11. The van der Waals surface area contributed by atoms with Crippen molar-refractivity contribution in [3.63, 3.8) is 0 Å². The second kappa shape index (κ2) is 8.35. The van der Waals surface area contributed by atoms with E-state index in [-0.39, 0.29) is 11.9 Å². The lowest BCUT2D eigenvalue weighted by Gasteiger charge is -2.21. The van der Waals surface area contributed by atoms with Crippen LogP contribution in [0, 0.1) is 0 Å². The summed E-state index contributed by atoms with van der Waals surface area (Å²) in [7, 11) is -3.31. The van der Waals surface area contributed by atoms with Gasteiger partial charge in [-0.25, -0.2) is 8.42 Å². The van der Waals surface area contributed by atoms with Crippen LogP contribution in [0.1, 0.15) is 28.4 Å². The molecule has 5 nitrogen and oxygen atoms in total. The summed E-state index contributed by atoms with van der Waals surface area (Å²) in [4.78, 5) is 12.4. The van der Waals surface area contributed by atoms with Gasteiger partial charge in [-0.2, -0.15) is 11.8 Å². The molecule has 0 unspecified atom stereocenters. The number of nitrogens with zero attached hydrogens (tertiary/aromatic N) is 1. The lowest BCUT2D eigenvalue weighted by molar-refractivity contribution is 0.0956. The van der Waals surface area contributed by atoms with Crippen molar-refractivity contribution >= 4 is 33.4 Å². The zero-order valence-corrected chi connectivity index (χ0v) is 17.1. The number of hydrogen-bond donors (Lipinski definition) is 1. The minimum Gasteiger partial charge on any atom is -0.351 e. The van der Waals surface area contributed by atoms with Crippen LogP contribution in [-0.2, 0) is 22.2 Å². The van der Waals surface area contributed by atoms with Gasteiger partial charge in [0.2, 0.25) is 10.0 Å². The molecule has 1 amide bonds. The minimum absolute atomic E-state index is 0.122. The summed E-state index contributed by atoms with van der Waals surface area (Å²) >= 11 is 1.78. The van der Waals surface area contributed by atoms with Gasteiger partial charge < -0.3 is 5.32 Å². The molecule has 1 N–H and O–H groups in total. The van der Waals surface area contributed by atoms with Crippen LogP contribution in [0.15, 0.2) is 48.5 Å². The van der Waals surface area contributed by atoms with Crippen LogP contribution in [0.2, 0.25) is 0 Å².